The Morgan fingerprint density at radius 1 is 1.06 bits per heavy atom. The van der Waals surface area contributed by atoms with Crippen LogP contribution in [-0.2, 0) is 24.4 Å². The van der Waals surface area contributed by atoms with E-state index in [1.165, 1.54) is 6.26 Å². The zero-order valence-corrected chi connectivity index (χ0v) is 19.4. The van der Waals surface area contributed by atoms with E-state index in [2.05, 4.69) is 15.2 Å². The van der Waals surface area contributed by atoms with Crippen LogP contribution in [-0.4, -0.2) is 49.5 Å². The maximum atomic E-state index is 12.3. The van der Waals surface area contributed by atoms with Crippen LogP contribution in [0.4, 0.5) is 0 Å². The van der Waals surface area contributed by atoms with Gasteiger partial charge in [-0.05, 0) is 42.3 Å². The maximum absolute atomic E-state index is 12.3. The van der Waals surface area contributed by atoms with Gasteiger partial charge in [-0.3, -0.25) is 9.69 Å². The fourth-order valence-electron chi connectivity index (χ4n) is 3.62. The lowest BCUT2D eigenvalue weighted by Crippen LogP contribution is -2.27. The van der Waals surface area contributed by atoms with Crippen molar-refractivity contribution in [2.24, 2.45) is 0 Å². The lowest BCUT2D eigenvalue weighted by Gasteiger charge is -2.21. The number of benzene rings is 2. The Kier molecular flexibility index (Phi) is 8.00. The molecule has 4 rings (SSSR count). The molecule has 9 heteroatoms. The van der Waals surface area contributed by atoms with Gasteiger partial charge in [0.2, 0.25) is 12.7 Å². The van der Waals surface area contributed by atoms with E-state index in [0.29, 0.717) is 45.3 Å². The lowest BCUT2D eigenvalue weighted by molar-refractivity contribution is 0.0932. The molecule has 0 spiro atoms. The van der Waals surface area contributed by atoms with E-state index in [9.17, 15) is 4.79 Å². The van der Waals surface area contributed by atoms with E-state index < -0.39 is 0 Å². The molecule has 1 aromatic heterocycles. The number of ether oxygens (including phenoxy) is 4. The van der Waals surface area contributed by atoms with Crippen LogP contribution in [0.3, 0.4) is 0 Å². The molecule has 0 fully saturated rings. The second-order valence-corrected chi connectivity index (χ2v) is 7.78. The number of carbonyl (C=O) groups excluding carboxylic acids is 1. The molecule has 180 valence electrons. The summed E-state index contributed by atoms with van der Waals surface area (Å²) >= 11 is 0. The average Bonchev–Trinajstić information content (AvgIpc) is 3.50. The van der Waals surface area contributed by atoms with Gasteiger partial charge in [0, 0.05) is 26.7 Å². The summed E-state index contributed by atoms with van der Waals surface area (Å²) in [6.45, 7) is 5.37. The van der Waals surface area contributed by atoms with E-state index in [4.69, 9.17) is 23.4 Å². The zero-order valence-electron chi connectivity index (χ0n) is 19.4. The largest absolute Gasteiger partial charge is 0.494 e. The molecule has 34 heavy (non-hydrogen) atoms. The van der Waals surface area contributed by atoms with Crippen molar-refractivity contribution >= 4 is 5.91 Å². The van der Waals surface area contributed by atoms with Crippen LogP contribution in [0.5, 0.6) is 17.2 Å². The Morgan fingerprint density at radius 2 is 1.82 bits per heavy atom. The van der Waals surface area contributed by atoms with Gasteiger partial charge in [0.1, 0.15) is 12.0 Å². The van der Waals surface area contributed by atoms with Crippen LogP contribution in [0.25, 0.3) is 0 Å². The minimum absolute atomic E-state index is 0.236. The minimum Gasteiger partial charge on any atom is -0.494 e. The Hall–Kier alpha value is -3.56. The van der Waals surface area contributed by atoms with Gasteiger partial charge in [0.15, 0.2) is 17.2 Å². The number of oxazole rings is 1. The first kappa shape index (κ1) is 23.6. The third-order valence-corrected chi connectivity index (χ3v) is 5.22. The van der Waals surface area contributed by atoms with Gasteiger partial charge >= 0.3 is 0 Å². The predicted octanol–water partition coefficient (Wildman–Crippen LogP) is 3.38. The van der Waals surface area contributed by atoms with Crippen molar-refractivity contribution in [3.63, 3.8) is 0 Å². The highest BCUT2D eigenvalue weighted by Gasteiger charge is 2.18. The van der Waals surface area contributed by atoms with Crippen molar-refractivity contribution in [2.75, 3.05) is 33.7 Å². The maximum Gasteiger partial charge on any atom is 0.273 e. The standard InChI is InChI=1S/C25H29N3O6/c1-3-31-20-7-4-18(5-8-20)13-28(14-19-6-9-22-23(12-19)34-17-33-22)15-24-27-21(16-32-24)25(29)26-10-11-30-2/h4-9,12,16H,3,10-11,13-15,17H2,1-2H3,(H,26,29). The number of carbonyl (C=O) groups is 1. The number of amides is 1. The summed E-state index contributed by atoms with van der Waals surface area (Å²) in [5.74, 6) is 2.50. The number of aromatic nitrogens is 1. The van der Waals surface area contributed by atoms with Crippen molar-refractivity contribution in [2.45, 2.75) is 26.6 Å². The first-order chi connectivity index (χ1) is 16.6. The molecule has 0 saturated heterocycles. The van der Waals surface area contributed by atoms with Gasteiger partial charge in [-0.25, -0.2) is 4.98 Å². The summed E-state index contributed by atoms with van der Waals surface area (Å²) in [6, 6.07) is 13.9. The number of nitrogens with zero attached hydrogens (tertiary/aromatic N) is 2. The van der Waals surface area contributed by atoms with Gasteiger partial charge in [0.25, 0.3) is 5.91 Å². The first-order valence-corrected chi connectivity index (χ1v) is 11.2. The third-order valence-electron chi connectivity index (χ3n) is 5.22. The molecular weight excluding hydrogens is 438 g/mol. The van der Waals surface area contributed by atoms with Gasteiger partial charge in [0.05, 0.1) is 19.8 Å². The van der Waals surface area contributed by atoms with Crippen LogP contribution in [0.1, 0.15) is 34.4 Å². The average molecular weight is 468 g/mol. The number of rotatable bonds is 12. The normalized spacial score (nSPS) is 12.2. The molecule has 2 heterocycles. The lowest BCUT2D eigenvalue weighted by atomic mass is 10.1. The zero-order chi connectivity index (χ0) is 23.8. The molecule has 3 aromatic rings. The number of methoxy groups -OCH3 is 1. The van der Waals surface area contributed by atoms with Crippen molar-refractivity contribution in [1.82, 2.24) is 15.2 Å². The third kappa shape index (κ3) is 6.27. The smallest absolute Gasteiger partial charge is 0.273 e. The van der Waals surface area contributed by atoms with E-state index in [1.807, 2.05) is 49.4 Å². The molecule has 0 saturated carbocycles. The molecule has 0 atom stereocenters. The van der Waals surface area contributed by atoms with Crippen molar-refractivity contribution in [3.05, 3.63) is 71.4 Å². The van der Waals surface area contributed by atoms with Crippen LogP contribution < -0.4 is 19.5 Å². The Balaban J connectivity index is 1.47. The first-order valence-electron chi connectivity index (χ1n) is 11.2. The Morgan fingerprint density at radius 3 is 2.62 bits per heavy atom. The number of hydrogen-bond donors (Lipinski definition) is 1. The molecule has 2 aromatic carbocycles. The molecule has 0 radical (unpaired) electrons. The van der Waals surface area contributed by atoms with Crippen LogP contribution in [0.15, 0.2) is 53.1 Å². The van der Waals surface area contributed by atoms with Gasteiger partial charge in [-0.1, -0.05) is 18.2 Å². The van der Waals surface area contributed by atoms with Crippen molar-refractivity contribution in [1.29, 1.82) is 0 Å². The predicted molar refractivity (Wildman–Crippen MR) is 124 cm³/mol. The molecule has 1 aliphatic rings. The van der Waals surface area contributed by atoms with E-state index in [1.54, 1.807) is 7.11 Å². The molecule has 1 aliphatic heterocycles. The summed E-state index contributed by atoms with van der Waals surface area (Å²) in [5.41, 5.74) is 2.43. The summed E-state index contributed by atoms with van der Waals surface area (Å²) in [7, 11) is 1.58. The van der Waals surface area contributed by atoms with Gasteiger partial charge in [-0.15, -0.1) is 0 Å². The topological polar surface area (TPSA) is 95.3 Å². The van der Waals surface area contributed by atoms with Crippen LogP contribution >= 0.6 is 0 Å². The van der Waals surface area contributed by atoms with Gasteiger partial charge in [-0.2, -0.15) is 0 Å². The van der Waals surface area contributed by atoms with Crippen LogP contribution in [0.2, 0.25) is 0 Å². The summed E-state index contributed by atoms with van der Waals surface area (Å²) in [6.07, 6.45) is 1.38. The highest BCUT2D eigenvalue weighted by Crippen LogP contribution is 2.33. The fourth-order valence-corrected chi connectivity index (χ4v) is 3.62. The second-order valence-electron chi connectivity index (χ2n) is 7.78. The van der Waals surface area contributed by atoms with E-state index in [0.717, 1.165) is 28.4 Å². The van der Waals surface area contributed by atoms with Gasteiger partial charge < -0.3 is 28.7 Å². The Bertz CT molecular complexity index is 1080. The molecule has 0 unspecified atom stereocenters. The summed E-state index contributed by atoms with van der Waals surface area (Å²) in [4.78, 5) is 18.8. The summed E-state index contributed by atoms with van der Waals surface area (Å²) in [5, 5.41) is 2.75. The number of fused-ring (bicyclic) bond motifs is 1. The molecule has 1 amide bonds. The monoisotopic (exact) mass is 467 g/mol. The SMILES string of the molecule is CCOc1ccc(CN(Cc2ccc3c(c2)OCO3)Cc2nc(C(=O)NCCOC)co2)cc1. The molecule has 1 N–H and O–H groups in total. The van der Waals surface area contributed by atoms with Crippen LogP contribution in [0, 0.1) is 0 Å². The number of hydrogen-bond acceptors (Lipinski definition) is 8. The van der Waals surface area contributed by atoms with E-state index >= 15 is 0 Å². The fraction of sp³-hybridized carbons (Fsp3) is 0.360. The highest BCUT2D eigenvalue weighted by molar-refractivity contribution is 5.91. The van der Waals surface area contributed by atoms with E-state index in [-0.39, 0.29) is 18.4 Å². The molecule has 0 aliphatic carbocycles. The van der Waals surface area contributed by atoms with Crippen molar-refractivity contribution in [3.8, 4) is 17.2 Å². The van der Waals surface area contributed by atoms with Crippen molar-refractivity contribution < 1.29 is 28.2 Å². The Labute approximate surface area is 198 Å². The second kappa shape index (κ2) is 11.5. The summed E-state index contributed by atoms with van der Waals surface area (Å²) < 4.78 is 27.1. The molecule has 9 nitrogen and oxygen atoms in total. The number of nitrogens with one attached hydrogen (secondary N) is 1. The quantitative estimate of drug-likeness (QED) is 0.405. The highest BCUT2D eigenvalue weighted by atomic mass is 16.7. The minimum atomic E-state index is -0.291. The molecular formula is C25H29N3O6. The molecule has 0 bridgehead atoms.